The smallest absolute Gasteiger partial charge is 0.328 e. The Labute approximate surface area is 231 Å². The maximum absolute atomic E-state index is 5.46. The van der Waals surface area contributed by atoms with E-state index in [2.05, 4.69) is 121 Å². The molecule has 0 aliphatic carbocycles. The molecule has 0 fully saturated rings. The molecule has 2 unspecified atom stereocenters. The Bertz CT molecular complexity index is 2580. The monoisotopic (exact) mass is 526 g/mol. The molecule has 6 aliphatic heterocycles. The van der Waals surface area contributed by atoms with E-state index >= 15 is 0 Å². The predicted octanol–water partition coefficient (Wildman–Crippen LogP) is 3.74. The second-order valence-corrected chi connectivity index (χ2v) is 11.4. The zero-order valence-electron chi connectivity index (χ0n) is 21.4. The number of hydrogen-bond donors (Lipinski definition) is 1. The van der Waals surface area contributed by atoms with Crippen molar-refractivity contribution in [2.75, 3.05) is 5.32 Å². The van der Waals surface area contributed by atoms with Crippen LogP contribution in [0.1, 0.15) is 28.4 Å². The summed E-state index contributed by atoms with van der Waals surface area (Å²) in [6.07, 6.45) is -0.127. The Hall–Kier alpha value is -5.63. The highest BCUT2D eigenvalue weighted by molar-refractivity contribution is 6.17. The van der Waals surface area contributed by atoms with Gasteiger partial charge < -0.3 is 5.32 Å². The van der Waals surface area contributed by atoms with Crippen molar-refractivity contribution < 1.29 is 9.15 Å². The number of benzene rings is 4. The maximum atomic E-state index is 5.46. The van der Waals surface area contributed by atoms with E-state index in [1.54, 1.807) is 0 Å². The molecule has 0 saturated heterocycles. The van der Waals surface area contributed by atoms with Crippen molar-refractivity contribution in [1.82, 2.24) is 9.13 Å². The molecule has 8 heterocycles. The molecule has 0 radical (unpaired) electrons. The van der Waals surface area contributed by atoms with Gasteiger partial charge in [0, 0.05) is 21.7 Å². The number of amidine groups is 3. The molecule has 4 aromatic carbocycles. The van der Waals surface area contributed by atoms with Crippen molar-refractivity contribution >= 4 is 50.7 Å². The van der Waals surface area contributed by atoms with E-state index in [9.17, 15) is 0 Å². The second-order valence-electron chi connectivity index (χ2n) is 11.4. The van der Waals surface area contributed by atoms with Gasteiger partial charge in [-0.25, -0.2) is 4.57 Å². The van der Waals surface area contributed by atoms with Crippen LogP contribution in [0.15, 0.2) is 112 Å². The summed E-state index contributed by atoms with van der Waals surface area (Å²) >= 11 is 0. The summed E-state index contributed by atoms with van der Waals surface area (Å²) in [5, 5.41) is 8.45. The lowest BCUT2D eigenvalue weighted by Crippen LogP contribution is -2.72. The van der Waals surface area contributed by atoms with Gasteiger partial charge in [0.1, 0.15) is 5.82 Å². The first-order valence-corrected chi connectivity index (χ1v) is 13.9. The molecule has 2 aromatic heterocycles. The van der Waals surface area contributed by atoms with E-state index in [0.29, 0.717) is 0 Å². The standard InChI is InChI=1S/C33H17N8/c1-2-10-18-17(9-1)25-34-27-19-11-3-4-12-20(19)29-36-31-23-15-7-8-16-24(23)32-37-30-22-14-6-5-13-21(22)28-35-26(18)38(25)33(39(27)29,40(28)30)41(31)32/h1-16,25H/q+1/p+1. The molecule has 6 aromatic rings. The zero-order valence-corrected chi connectivity index (χ0v) is 21.4. The molecule has 41 heavy (non-hydrogen) atoms. The summed E-state index contributed by atoms with van der Waals surface area (Å²) in [5.74, 6) is 3.96. The molecular weight excluding hydrogens is 508 g/mol. The number of rotatable bonds is 0. The molecule has 6 aliphatic rings. The van der Waals surface area contributed by atoms with Crippen molar-refractivity contribution in [3.63, 3.8) is 0 Å². The van der Waals surface area contributed by atoms with E-state index in [1.807, 2.05) is 0 Å². The van der Waals surface area contributed by atoms with E-state index in [-0.39, 0.29) is 6.17 Å². The van der Waals surface area contributed by atoms with Crippen LogP contribution in [0.2, 0.25) is 0 Å². The van der Waals surface area contributed by atoms with E-state index in [4.69, 9.17) is 15.0 Å². The molecule has 8 nitrogen and oxygen atoms in total. The third-order valence-corrected chi connectivity index (χ3v) is 9.64. The molecule has 188 valence electrons. The van der Waals surface area contributed by atoms with Gasteiger partial charge in [-0.1, -0.05) is 70.6 Å². The Morgan fingerprint density at radius 3 is 2.05 bits per heavy atom. The number of aromatic nitrogens is 2. The molecule has 1 N–H and O–H groups in total. The topological polar surface area (TPSA) is 65.0 Å². The van der Waals surface area contributed by atoms with Crippen LogP contribution in [-0.2, 0) is 5.91 Å². The van der Waals surface area contributed by atoms with E-state index in [0.717, 1.165) is 78.4 Å². The number of fused-ring (bicyclic) bond motifs is 12. The lowest BCUT2D eigenvalue weighted by molar-refractivity contribution is -0.852. The third-order valence-electron chi connectivity index (χ3n) is 9.64. The van der Waals surface area contributed by atoms with Gasteiger partial charge in [0.15, 0.2) is 0 Å². The van der Waals surface area contributed by atoms with Gasteiger partial charge in [-0.05, 0) is 41.4 Å². The Kier molecular flexibility index (Phi) is 2.81. The first-order valence-electron chi connectivity index (χ1n) is 13.9. The van der Waals surface area contributed by atoms with Gasteiger partial charge in [-0.3, -0.25) is 0 Å². The van der Waals surface area contributed by atoms with Crippen LogP contribution in [0.4, 0.5) is 11.6 Å². The molecular formula is C33H18N8+2. The lowest BCUT2D eigenvalue weighted by Gasteiger charge is -2.44. The van der Waals surface area contributed by atoms with Gasteiger partial charge in [0.05, 0.1) is 22.1 Å². The number of nitrogens with zero attached hydrogens (tertiary/aromatic N) is 7. The normalized spacial score (nSPS) is 22.5. The Morgan fingerprint density at radius 1 is 0.610 bits per heavy atom. The van der Waals surface area contributed by atoms with Crippen molar-refractivity contribution in [3.05, 3.63) is 130 Å². The fourth-order valence-corrected chi connectivity index (χ4v) is 8.17. The highest BCUT2D eigenvalue weighted by atomic mass is 15.7. The van der Waals surface area contributed by atoms with Crippen molar-refractivity contribution in [1.29, 1.82) is 0 Å². The van der Waals surface area contributed by atoms with Gasteiger partial charge in [0.25, 0.3) is 17.2 Å². The number of hydrogen-bond acceptors (Lipinski definition) is 4. The van der Waals surface area contributed by atoms with Crippen molar-refractivity contribution in [2.24, 2.45) is 15.0 Å². The van der Waals surface area contributed by atoms with Crippen LogP contribution in [0.3, 0.4) is 0 Å². The van der Waals surface area contributed by atoms with Crippen LogP contribution in [0, 0.1) is 0 Å². The number of aliphatic imine (C=N–C) groups is 1. The average Bonchev–Trinajstić information content (AvgIpc) is 3.74. The van der Waals surface area contributed by atoms with Crippen LogP contribution in [-0.4, -0.2) is 35.8 Å². The maximum Gasteiger partial charge on any atom is 0.421 e. The van der Waals surface area contributed by atoms with Gasteiger partial charge >= 0.3 is 11.7 Å². The van der Waals surface area contributed by atoms with Gasteiger partial charge in [0.2, 0.25) is 17.5 Å². The molecule has 0 amide bonds. The lowest BCUT2D eigenvalue weighted by atomic mass is 10.1. The van der Waals surface area contributed by atoms with Crippen LogP contribution >= 0.6 is 0 Å². The average molecular weight is 527 g/mol. The molecule has 8 heteroatoms. The van der Waals surface area contributed by atoms with Gasteiger partial charge in [-0.15, -0.1) is 4.58 Å². The quantitative estimate of drug-likeness (QED) is 0.301. The Balaban J connectivity index is 1.44. The fraction of sp³-hybridized carbons (Fsp3) is 0.0606. The Morgan fingerprint density at radius 2 is 1.24 bits per heavy atom. The van der Waals surface area contributed by atoms with Crippen molar-refractivity contribution in [2.45, 2.75) is 12.1 Å². The summed E-state index contributed by atoms with van der Waals surface area (Å²) in [7, 11) is 0. The summed E-state index contributed by atoms with van der Waals surface area (Å²) in [6.45, 7) is 0. The summed E-state index contributed by atoms with van der Waals surface area (Å²) in [6, 6.07) is 34.4. The van der Waals surface area contributed by atoms with E-state index < -0.39 is 5.91 Å². The predicted molar refractivity (Wildman–Crippen MR) is 154 cm³/mol. The van der Waals surface area contributed by atoms with Gasteiger partial charge in [-0.2, -0.15) is 9.14 Å². The molecule has 12 rings (SSSR count). The first-order chi connectivity index (χ1) is 20.4. The first kappa shape index (κ1) is 19.4. The molecule has 1 spiro atoms. The largest absolute Gasteiger partial charge is 0.421 e. The number of anilines is 1. The summed E-state index contributed by atoms with van der Waals surface area (Å²) in [4.78, 5) is 16.3. The van der Waals surface area contributed by atoms with Crippen molar-refractivity contribution in [3.8, 4) is 0 Å². The van der Waals surface area contributed by atoms with Crippen LogP contribution < -0.4 is 16.3 Å². The summed E-state index contributed by atoms with van der Waals surface area (Å²) in [5.41, 5.74) is 6.43. The highest BCUT2D eigenvalue weighted by Crippen LogP contribution is 2.54. The minimum Gasteiger partial charge on any atom is -0.328 e. The number of nitrogens with one attached hydrogen (secondary N) is 1. The third kappa shape index (κ3) is 1.78. The zero-order chi connectivity index (χ0) is 26.2. The molecule has 0 bridgehead atoms. The summed E-state index contributed by atoms with van der Waals surface area (Å²) < 4.78 is 9.62. The second kappa shape index (κ2) is 5.93. The van der Waals surface area contributed by atoms with Crippen LogP contribution in [0.5, 0.6) is 0 Å². The van der Waals surface area contributed by atoms with Crippen LogP contribution in [0.25, 0.3) is 21.5 Å². The minimum absolute atomic E-state index is 0.127. The fourth-order valence-electron chi connectivity index (χ4n) is 8.17. The van der Waals surface area contributed by atoms with E-state index in [1.165, 1.54) is 5.56 Å². The minimum atomic E-state index is -0.855. The SMILES string of the molecule is c1ccc2c(c1)C1=Nc3c4ccccc4c4n3C35n6c(c7ccccc7c6=NC6=[N+]3C(N4)c3ccccc36)=NC2=[N+]15. The molecule has 0 saturated carbocycles. The molecule has 2 atom stereocenters. The highest BCUT2D eigenvalue weighted by Gasteiger charge is 2.70.